The first-order valence-corrected chi connectivity index (χ1v) is 9.94. The molecule has 0 aliphatic carbocycles. The largest absolute Gasteiger partial charge is 0.376 e. The molecule has 1 aromatic carbocycles. The van der Waals surface area contributed by atoms with Gasteiger partial charge in [0, 0.05) is 37.6 Å². The minimum Gasteiger partial charge on any atom is -0.376 e. The van der Waals surface area contributed by atoms with Crippen molar-refractivity contribution >= 4 is 47.4 Å². The molecule has 0 radical (unpaired) electrons. The number of thioether (sulfide) groups is 1. The van der Waals surface area contributed by atoms with Crippen molar-refractivity contribution in [1.82, 2.24) is 10.6 Å². The first-order valence-electron chi connectivity index (χ1n) is 8.55. The van der Waals surface area contributed by atoms with E-state index in [4.69, 9.17) is 4.74 Å². The van der Waals surface area contributed by atoms with Gasteiger partial charge in [0.1, 0.15) is 0 Å². The van der Waals surface area contributed by atoms with E-state index in [-0.39, 0.29) is 35.8 Å². The molecule has 7 nitrogen and oxygen atoms in total. The molecule has 2 N–H and O–H groups in total. The number of nitrogens with one attached hydrogen (secondary N) is 2. The van der Waals surface area contributed by atoms with Gasteiger partial charge in [-0.05, 0) is 31.1 Å². The van der Waals surface area contributed by atoms with E-state index in [1.807, 2.05) is 0 Å². The van der Waals surface area contributed by atoms with Crippen LogP contribution in [0, 0.1) is 10.1 Å². The number of halogens is 1. The molecule has 26 heavy (non-hydrogen) atoms. The molecule has 1 atom stereocenters. The van der Waals surface area contributed by atoms with E-state index >= 15 is 0 Å². The molecule has 1 aromatic rings. The van der Waals surface area contributed by atoms with Gasteiger partial charge >= 0.3 is 0 Å². The SMILES string of the molecule is CSCCNC(=NCc1ccc([N+](=O)[O-])cc1)NCC1CCCCO1.I. The standard InChI is InChI=1S/C17H26N4O3S.HI/c1-25-11-9-18-17(20-13-16-4-2-3-10-24-16)19-12-14-5-7-15(8-6-14)21(22)23;/h5-8,16H,2-4,9-13H2,1H3,(H2,18,19,20);1H. The van der Waals surface area contributed by atoms with Crippen molar-refractivity contribution in [2.24, 2.45) is 4.99 Å². The Balaban J connectivity index is 0.00000338. The zero-order valence-corrected chi connectivity index (χ0v) is 18.1. The third-order valence-electron chi connectivity index (χ3n) is 3.94. The van der Waals surface area contributed by atoms with Crippen LogP contribution in [0.1, 0.15) is 24.8 Å². The summed E-state index contributed by atoms with van der Waals surface area (Å²) in [5, 5.41) is 17.4. The van der Waals surface area contributed by atoms with Gasteiger partial charge in [0.25, 0.3) is 5.69 Å². The van der Waals surface area contributed by atoms with Crippen LogP contribution in [0.2, 0.25) is 0 Å². The lowest BCUT2D eigenvalue weighted by Crippen LogP contribution is -2.43. The predicted molar refractivity (Wildman–Crippen MR) is 118 cm³/mol. The van der Waals surface area contributed by atoms with Crippen LogP contribution in [-0.2, 0) is 11.3 Å². The number of nitro benzene ring substituents is 1. The van der Waals surface area contributed by atoms with Gasteiger partial charge in [-0.2, -0.15) is 11.8 Å². The molecule has 0 saturated carbocycles. The Hall–Kier alpha value is -1.07. The second-order valence-corrected chi connectivity index (χ2v) is 6.86. The van der Waals surface area contributed by atoms with Crippen molar-refractivity contribution in [1.29, 1.82) is 0 Å². The van der Waals surface area contributed by atoms with E-state index in [1.54, 1.807) is 23.9 Å². The van der Waals surface area contributed by atoms with Crippen LogP contribution < -0.4 is 10.6 Å². The topological polar surface area (TPSA) is 88.8 Å². The first-order chi connectivity index (χ1) is 12.2. The van der Waals surface area contributed by atoms with Crippen molar-refractivity contribution in [3.63, 3.8) is 0 Å². The van der Waals surface area contributed by atoms with E-state index in [1.165, 1.54) is 18.6 Å². The number of guanidine groups is 1. The smallest absolute Gasteiger partial charge is 0.269 e. The number of ether oxygens (including phenoxy) is 1. The van der Waals surface area contributed by atoms with Gasteiger partial charge in [-0.3, -0.25) is 10.1 Å². The predicted octanol–water partition coefficient (Wildman–Crippen LogP) is 3.18. The second-order valence-electron chi connectivity index (χ2n) is 5.88. The Labute approximate surface area is 175 Å². The third-order valence-corrected chi connectivity index (χ3v) is 4.55. The molecule has 0 spiro atoms. The van der Waals surface area contributed by atoms with Crippen LogP contribution >= 0.6 is 35.7 Å². The maximum atomic E-state index is 10.7. The molecule has 0 bridgehead atoms. The second kappa shape index (κ2) is 13.2. The monoisotopic (exact) mass is 494 g/mol. The molecule has 1 aliphatic rings. The summed E-state index contributed by atoms with van der Waals surface area (Å²) in [4.78, 5) is 14.9. The summed E-state index contributed by atoms with van der Waals surface area (Å²) in [5.41, 5.74) is 1.03. The van der Waals surface area contributed by atoms with Crippen LogP contribution in [0.5, 0.6) is 0 Å². The highest BCUT2D eigenvalue weighted by Crippen LogP contribution is 2.13. The molecule has 1 aliphatic heterocycles. The van der Waals surface area contributed by atoms with Crippen molar-refractivity contribution in [3.05, 3.63) is 39.9 Å². The Morgan fingerprint density at radius 1 is 1.35 bits per heavy atom. The van der Waals surface area contributed by atoms with Gasteiger partial charge < -0.3 is 15.4 Å². The third kappa shape index (κ3) is 8.54. The molecule has 2 rings (SSSR count). The fourth-order valence-electron chi connectivity index (χ4n) is 2.52. The molecule has 1 saturated heterocycles. The molecular formula is C17H27IN4O3S. The van der Waals surface area contributed by atoms with Gasteiger partial charge in [-0.25, -0.2) is 4.99 Å². The van der Waals surface area contributed by atoms with E-state index in [0.29, 0.717) is 6.54 Å². The number of hydrogen-bond acceptors (Lipinski definition) is 5. The molecule has 0 aromatic heterocycles. The fraction of sp³-hybridized carbons (Fsp3) is 0.588. The summed E-state index contributed by atoms with van der Waals surface area (Å²) >= 11 is 1.77. The average molecular weight is 494 g/mol. The van der Waals surface area contributed by atoms with Crippen molar-refractivity contribution in [3.8, 4) is 0 Å². The number of hydrogen-bond donors (Lipinski definition) is 2. The zero-order chi connectivity index (χ0) is 17.9. The van der Waals surface area contributed by atoms with E-state index < -0.39 is 4.92 Å². The molecule has 0 amide bonds. The molecule has 1 heterocycles. The lowest BCUT2D eigenvalue weighted by atomic mass is 10.1. The van der Waals surface area contributed by atoms with Crippen molar-refractivity contribution < 1.29 is 9.66 Å². The Morgan fingerprint density at radius 3 is 2.73 bits per heavy atom. The zero-order valence-electron chi connectivity index (χ0n) is 15.0. The normalized spacial score (nSPS) is 17.3. The van der Waals surface area contributed by atoms with E-state index in [9.17, 15) is 10.1 Å². The Bertz CT molecular complexity index is 566. The maximum absolute atomic E-state index is 10.7. The number of aliphatic imine (C=N–C) groups is 1. The van der Waals surface area contributed by atoms with Gasteiger partial charge in [-0.15, -0.1) is 24.0 Å². The van der Waals surface area contributed by atoms with Crippen LogP contribution in [0.25, 0.3) is 0 Å². The number of non-ortho nitro benzene ring substituents is 1. The molecule has 1 unspecified atom stereocenters. The van der Waals surface area contributed by atoms with Crippen LogP contribution in [-0.4, -0.2) is 48.7 Å². The fourth-order valence-corrected chi connectivity index (χ4v) is 2.82. The van der Waals surface area contributed by atoms with Gasteiger partial charge in [0.05, 0.1) is 17.6 Å². The van der Waals surface area contributed by atoms with Crippen LogP contribution in [0.4, 0.5) is 5.69 Å². The summed E-state index contributed by atoms with van der Waals surface area (Å²) in [6.45, 7) is 2.88. The van der Waals surface area contributed by atoms with Crippen LogP contribution in [0.15, 0.2) is 29.3 Å². The van der Waals surface area contributed by atoms with E-state index in [0.717, 1.165) is 49.8 Å². The number of nitrogens with zero attached hydrogens (tertiary/aromatic N) is 2. The highest BCUT2D eigenvalue weighted by atomic mass is 127. The van der Waals surface area contributed by atoms with Crippen molar-refractivity contribution in [2.45, 2.75) is 31.9 Å². The number of rotatable bonds is 8. The van der Waals surface area contributed by atoms with E-state index in [2.05, 4.69) is 21.9 Å². The summed E-state index contributed by atoms with van der Waals surface area (Å²) < 4.78 is 5.74. The summed E-state index contributed by atoms with van der Waals surface area (Å²) in [6, 6.07) is 6.50. The summed E-state index contributed by atoms with van der Waals surface area (Å²) in [6.07, 6.45) is 5.73. The molecular weight excluding hydrogens is 467 g/mol. The van der Waals surface area contributed by atoms with Crippen LogP contribution in [0.3, 0.4) is 0 Å². The van der Waals surface area contributed by atoms with Gasteiger partial charge in [0.15, 0.2) is 5.96 Å². The van der Waals surface area contributed by atoms with Gasteiger partial charge in [-0.1, -0.05) is 12.1 Å². The first kappa shape index (κ1) is 23.0. The Kier molecular flexibility index (Phi) is 11.6. The molecule has 1 fully saturated rings. The molecule has 9 heteroatoms. The summed E-state index contributed by atoms with van der Waals surface area (Å²) in [7, 11) is 0. The lowest BCUT2D eigenvalue weighted by Gasteiger charge is -2.23. The quantitative estimate of drug-likeness (QED) is 0.144. The van der Waals surface area contributed by atoms with Gasteiger partial charge in [0.2, 0.25) is 0 Å². The van der Waals surface area contributed by atoms with Crippen molar-refractivity contribution in [2.75, 3.05) is 31.7 Å². The highest BCUT2D eigenvalue weighted by molar-refractivity contribution is 14.0. The Morgan fingerprint density at radius 2 is 2.12 bits per heavy atom. The molecule has 146 valence electrons. The summed E-state index contributed by atoms with van der Waals surface area (Å²) in [5.74, 6) is 1.75. The number of benzene rings is 1. The average Bonchev–Trinajstić information content (AvgIpc) is 2.65. The lowest BCUT2D eigenvalue weighted by molar-refractivity contribution is -0.384. The number of nitro groups is 1. The minimum absolute atomic E-state index is 0. The minimum atomic E-state index is -0.395. The maximum Gasteiger partial charge on any atom is 0.269 e. The highest BCUT2D eigenvalue weighted by Gasteiger charge is 2.14.